The quantitative estimate of drug-likeness (QED) is 0.660. The smallest absolute Gasteiger partial charge is 0.271 e. The van der Waals surface area contributed by atoms with Crippen molar-refractivity contribution in [3.05, 3.63) is 65.2 Å². The van der Waals surface area contributed by atoms with Gasteiger partial charge in [-0.25, -0.2) is 4.98 Å². The third-order valence-corrected chi connectivity index (χ3v) is 6.73. The Bertz CT molecular complexity index is 989. The maximum Gasteiger partial charge on any atom is 0.271 e. The fourth-order valence-corrected chi connectivity index (χ4v) is 5.06. The molecule has 0 N–H and O–H groups in total. The third-order valence-electron chi connectivity index (χ3n) is 5.53. The lowest BCUT2D eigenvalue weighted by atomic mass is 9.96. The van der Waals surface area contributed by atoms with E-state index in [4.69, 9.17) is 9.82 Å². The number of carbonyl (C=O) groups is 1. The van der Waals surface area contributed by atoms with E-state index in [1.165, 1.54) is 9.71 Å². The molecule has 1 aromatic heterocycles. The predicted molar refractivity (Wildman–Crippen MR) is 110 cm³/mol. The number of thiazole rings is 1. The van der Waals surface area contributed by atoms with Crippen molar-refractivity contribution in [3.63, 3.8) is 0 Å². The average molecular weight is 391 g/mol. The molecule has 28 heavy (non-hydrogen) atoms. The Morgan fingerprint density at radius 2 is 1.79 bits per heavy atom. The van der Waals surface area contributed by atoms with Crippen LogP contribution in [0.4, 0.5) is 0 Å². The molecule has 0 bridgehead atoms. The van der Waals surface area contributed by atoms with Crippen LogP contribution < -0.4 is 0 Å². The Labute approximate surface area is 167 Å². The lowest BCUT2D eigenvalue weighted by molar-refractivity contribution is -0.125. The van der Waals surface area contributed by atoms with Crippen LogP contribution in [-0.4, -0.2) is 34.6 Å². The van der Waals surface area contributed by atoms with E-state index in [0.717, 1.165) is 37.0 Å². The van der Waals surface area contributed by atoms with Crippen molar-refractivity contribution in [2.75, 3.05) is 13.1 Å². The molecule has 0 radical (unpaired) electrons. The number of amides is 1. The molecule has 0 aliphatic carbocycles. The molecular formula is C22H21N3O2S. The molecule has 6 heteroatoms. The topological polar surface area (TPSA) is 54.8 Å². The normalized spacial score (nSPS) is 20.2. The summed E-state index contributed by atoms with van der Waals surface area (Å²) in [5.74, 6) is 0.446. The van der Waals surface area contributed by atoms with Crippen LogP contribution in [0, 0.1) is 0 Å². The fourth-order valence-electron chi connectivity index (χ4n) is 3.93. The van der Waals surface area contributed by atoms with Crippen molar-refractivity contribution in [1.29, 1.82) is 0 Å². The maximum absolute atomic E-state index is 12.9. The van der Waals surface area contributed by atoms with Gasteiger partial charge in [-0.2, -0.15) is 0 Å². The van der Waals surface area contributed by atoms with Gasteiger partial charge in [-0.15, -0.1) is 11.3 Å². The number of piperidine rings is 1. The van der Waals surface area contributed by atoms with E-state index in [0.29, 0.717) is 18.1 Å². The number of fused-ring (bicyclic) bond motifs is 1. The highest BCUT2D eigenvalue weighted by Crippen LogP contribution is 2.34. The Hall–Kier alpha value is -2.73. The second kappa shape index (κ2) is 7.36. The van der Waals surface area contributed by atoms with E-state index in [1.54, 1.807) is 11.3 Å². The number of likely N-dealkylation sites (tertiary alicyclic amines) is 1. The molecular weight excluding hydrogens is 370 g/mol. The van der Waals surface area contributed by atoms with Crippen LogP contribution in [0.2, 0.25) is 0 Å². The van der Waals surface area contributed by atoms with Crippen molar-refractivity contribution in [2.24, 2.45) is 5.16 Å². The SMILES string of the molecule is O=C(C1=NOC(c2ccccc2)C1)N1CCC(c2nc3ccccc3s2)CC1. The molecule has 2 aliphatic heterocycles. The van der Waals surface area contributed by atoms with Crippen LogP contribution in [0.15, 0.2) is 59.8 Å². The van der Waals surface area contributed by atoms with Gasteiger partial charge in [0.2, 0.25) is 0 Å². The highest BCUT2D eigenvalue weighted by Gasteiger charge is 2.32. The van der Waals surface area contributed by atoms with Gasteiger partial charge in [0, 0.05) is 25.4 Å². The number of benzene rings is 2. The standard InChI is InChI=1S/C22H21N3O2S/c26-22(18-14-19(27-24-18)15-6-2-1-3-7-15)25-12-10-16(11-13-25)21-23-17-8-4-5-9-20(17)28-21/h1-9,16,19H,10-14H2. The van der Waals surface area contributed by atoms with Gasteiger partial charge >= 0.3 is 0 Å². The first-order valence-electron chi connectivity index (χ1n) is 9.70. The molecule has 1 saturated heterocycles. The largest absolute Gasteiger partial charge is 0.387 e. The summed E-state index contributed by atoms with van der Waals surface area (Å²) in [5.41, 5.74) is 2.67. The van der Waals surface area contributed by atoms with Gasteiger partial charge in [-0.1, -0.05) is 47.6 Å². The summed E-state index contributed by atoms with van der Waals surface area (Å²) in [6.45, 7) is 1.49. The highest BCUT2D eigenvalue weighted by atomic mass is 32.1. The second-order valence-electron chi connectivity index (χ2n) is 7.33. The molecule has 1 atom stereocenters. The van der Waals surface area contributed by atoms with Gasteiger partial charge in [0.15, 0.2) is 6.10 Å². The van der Waals surface area contributed by atoms with E-state index in [1.807, 2.05) is 41.3 Å². The summed E-state index contributed by atoms with van der Waals surface area (Å²) in [5, 5.41) is 5.28. The fraction of sp³-hybridized carbons (Fsp3) is 0.318. The van der Waals surface area contributed by atoms with Crippen LogP contribution in [-0.2, 0) is 9.63 Å². The summed E-state index contributed by atoms with van der Waals surface area (Å²) in [7, 11) is 0. The zero-order chi connectivity index (χ0) is 18.9. The molecule has 2 aliphatic rings. The first kappa shape index (κ1) is 17.4. The number of oxime groups is 1. The second-order valence-corrected chi connectivity index (χ2v) is 8.40. The van der Waals surface area contributed by atoms with Gasteiger partial charge < -0.3 is 9.74 Å². The van der Waals surface area contributed by atoms with Crippen molar-refractivity contribution in [2.45, 2.75) is 31.3 Å². The average Bonchev–Trinajstić information content (AvgIpc) is 3.41. The summed E-state index contributed by atoms with van der Waals surface area (Å²) >= 11 is 1.78. The van der Waals surface area contributed by atoms with Gasteiger partial charge in [0.1, 0.15) is 5.71 Å². The number of hydrogen-bond acceptors (Lipinski definition) is 5. The predicted octanol–water partition coefficient (Wildman–Crippen LogP) is 4.52. The van der Waals surface area contributed by atoms with Crippen molar-refractivity contribution in [3.8, 4) is 0 Å². The van der Waals surface area contributed by atoms with Crippen LogP contribution in [0.25, 0.3) is 10.2 Å². The molecule has 142 valence electrons. The molecule has 3 heterocycles. The van der Waals surface area contributed by atoms with E-state index < -0.39 is 0 Å². The zero-order valence-corrected chi connectivity index (χ0v) is 16.3. The number of carbonyl (C=O) groups excluding carboxylic acids is 1. The number of aromatic nitrogens is 1. The lowest BCUT2D eigenvalue weighted by Crippen LogP contribution is -2.41. The van der Waals surface area contributed by atoms with Gasteiger partial charge in [-0.05, 0) is 30.5 Å². The highest BCUT2D eigenvalue weighted by molar-refractivity contribution is 7.18. The Kier molecular flexibility index (Phi) is 4.56. The Morgan fingerprint density at radius 1 is 1.04 bits per heavy atom. The monoisotopic (exact) mass is 391 g/mol. The molecule has 3 aromatic rings. The van der Waals surface area contributed by atoms with Crippen molar-refractivity contribution >= 4 is 33.2 Å². The Balaban J connectivity index is 1.20. The van der Waals surface area contributed by atoms with E-state index in [-0.39, 0.29) is 12.0 Å². The molecule has 5 rings (SSSR count). The van der Waals surface area contributed by atoms with Gasteiger partial charge in [0.05, 0.1) is 15.2 Å². The molecule has 2 aromatic carbocycles. The zero-order valence-electron chi connectivity index (χ0n) is 15.5. The van der Waals surface area contributed by atoms with E-state index >= 15 is 0 Å². The summed E-state index contributed by atoms with van der Waals surface area (Å²) in [6.07, 6.45) is 2.28. The minimum absolute atomic E-state index is 0.0150. The Morgan fingerprint density at radius 3 is 2.57 bits per heavy atom. The summed E-state index contributed by atoms with van der Waals surface area (Å²) in [4.78, 5) is 25.1. The van der Waals surface area contributed by atoms with Crippen LogP contribution in [0.3, 0.4) is 0 Å². The van der Waals surface area contributed by atoms with E-state index in [2.05, 4.69) is 23.4 Å². The first-order valence-corrected chi connectivity index (χ1v) is 10.5. The number of para-hydroxylation sites is 1. The summed E-state index contributed by atoms with van der Waals surface area (Å²) in [6, 6.07) is 18.2. The molecule has 1 fully saturated rings. The van der Waals surface area contributed by atoms with Gasteiger partial charge in [-0.3, -0.25) is 4.79 Å². The first-order chi connectivity index (χ1) is 13.8. The van der Waals surface area contributed by atoms with Crippen molar-refractivity contribution in [1.82, 2.24) is 9.88 Å². The number of rotatable bonds is 3. The summed E-state index contributed by atoms with van der Waals surface area (Å²) < 4.78 is 1.24. The maximum atomic E-state index is 12.9. The molecule has 0 spiro atoms. The number of nitrogens with zero attached hydrogens (tertiary/aromatic N) is 3. The molecule has 5 nitrogen and oxygen atoms in total. The molecule has 1 unspecified atom stereocenters. The van der Waals surface area contributed by atoms with Crippen LogP contribution >= 0.6 is 11.3 Å². The molecule has 0 saturated carbocycles. The van der Waals surface area contributed by atoms with Crippen LogP contribution in [0.5, 0.6) is 0 Å². The van der Waals surface area contributed by atoms with Crippen molar-refractivity contribution < 1.29 is 9.63 Å². The minimum atomic E-state index is -0.152. The van der Waals surface area contributed by atoms with E-state index in [9.17, 15) is 4.79 Å². The lowest BCUT2D eigenvalue weighted by Gasteiger charge is -2.30. The van der Waals surface area contributed by atoms with Crippen LogP contribution in [0.1, 0.15) is 41.9 Å². The minimum Gasteiger partial charge on any atom is -0.387 e. The number of hydrogen-bond donors (Lipinski definition) is 0. The van der Waals surface area contributed by atoms with Gasteiger partial charge in [0.25, 0.3) is 5.91 Å². The third kappa shape index (κ3) is 3.29. The molecule has 1 amide bonds.